The predicted octanol–water partition coefficient (Wildman–Crippen LogP) is 3.07. The van der Waals surface area contributed by atoms with Crippen molar-refractivity contribution in [2.24, 2.45) is 0 Å². The first-order chi connectivity index (χ1) is 14.8. The van der Waals surface area contributed by atoms with Crippen LogP contribution >= 0.6 is 11.8 Å². The number of benzene rings is 2. The van der Waals surface area contributed by atoms with Gasteiger partial charge < -0.3 is 10.2 Å². The molecule has 0 saturated carbocycles. The molecule has 1 saturated heterocycles. The van der Waals surface area contributed by atoms with Crippen molar-refractivity contribution in [3.05, 3.63) is 66.7 Å². The van der Waals surface area contributed by atoms with Crippen LogP contribution in [0.2, 0.25) is 0 Å². The molecule has 0 aromatic heterocycles. The van der Waals surface area contributed by atoms with Crippen molar-refractivity contribution in [1.82, 2.24) is 9.21 Å². The Morgan fingerprint density at radius 3 is 2.48 bits per heavy atom. The van der Waals surface area contributed by atoms with Crippen molar-refractivity contribution in [3.8, 4) is 0 Å². The van der Waals surface area contributed by atoms with Crippen LogP contribution in [0.25, 0.3) is 0 Å². The Morgan fingerprint density at radius 2 is 1.81 bits per heavy atom. The van der Waals surface area contributed by atoms with Crippen LogP contribution in [-0.4, -0.2) is 61.4 Å². The maximum atomic E-state index is 13.0. The van der Waals surface area contributed by atoms with Crippen molar-refractivity contribution in [2.75, 3.05) is 37.2 Å². The lowest BCUT2D eigenvalue weighted by Crippen LogP contribution is -2.49. The van der Waals surface area contributed by atoms with Crippen molar-refractivity contribution >= 4 is 39.3 Å². The Balaban J connectivity index is 1.76. The molecule has 1 N–H and O–H groups in total. The van der Waals surface area contributed by atoms with Gasteiger partial charge in [-0.25, -0.2) is 8.42 Å². The number of piperazine rings is 1. The van der Waals surface area contributed by atoms with Crippen molar-refractivity contribution in [1.29, 1.82) is 0 Å². The van der Waals surface area contributed by atoms with Crippen LogP contribution in [0.15, 0.2) is 71.0 Å². The molecule has 31 heavy (non-hydrogen) atoms. The van der Waals surface area contributed by atoms with Crippen LogP contribution < -0.4 is 5.32 Å². The highest BCUT2D eigenvalue weighted by Gasteiger charge is 2.29. The molecular weight excluding hydrogens is 434 g/mol. The average Bonchev–Trinajstić information content (AvgIpc) is 2.78. The summed E-state index contributed by atoms with van der Waals surface area (Å²) >= 11 is 1.55. The maximum Gasteiger partial charge on any atom is 0.255 e. The lowest BCUT2D eigenvalue weighted by atomic mass is 10.2. The largest absolute Gasteiger partial charge is 0.340 e. The SMILES string of the molecule is C=CCSc1ccccc1NC(=O)c1cccc(S(=O)(=O)N2CCN(C(C)=O)CC2)c1. The van der Waals surface area contributed by atoms with Gasteiger partial charge in [0.2, 0.25) is 15.9 Å². The summed E-state index contributed by atoms with van der Waals surface area (Å²) in [6.07, 6.45) is 1.79. The van der Waals surface area contributed by atoms with Crippen LogP contribution in [0.5, 0.6) is 0 Å². The van der Waals surface area contributed by atoms with Crippen molar-refractivity contribution in [3.63, 3.8) is 0 Å². The lowest BCUT2D eigenvalue weighted by molar-refractivity contribution is -0.129. The van der Waals surface area contributed by atoms with E-state index in [0.717, 1.165) is 4.90 Å². The normalized spacial score (nSPS) is 14.8. The van der Waals surface area contributed by atoms with Crippen molar-refractivity contribution in [2.45, 2.75) is 16.7 Å². The van der Waals surface area contributed by atoms with Gasteiger partial charge >= 0.3 is 0 Å². The molecule has 2 aromatic rings. The first-order valence-electron chi connectivity index (χ1n) is 9.82. The molecule has 1 aliphatic heterocycles. The van der Waals surface area contributed by atoms with Gasteiger partial charge in [-0.2, -0.15) is 4.31 Å². The minimum absolute atomic E-state index is 0.0609. The highest BCUT2D eigenvalue weighted by molar-refractivity contribution is 7.99. The third-order valence-electron chi connectivity index (χ3n) is 4.91. The van der Waals surface area contributed by atoms with Crippen LogP contribution in [0.3, 0.4) is 0 Å². The molecule has 1 heterocycles. The molecule has 1 aliphatic rings. The molecule has 0 spiro atoms. The molecule has 0 bridgehead atoms. The fourth-order valence-electron chi connectivity index (χ4n) is 3.23. The Morgan fingerprint density at radius 1 is 1.10 bits per heavy atom. The number of hydrogen-bond donors (Lipinski definition) is 1. The van der Waals surface area contributed by atoms with Gasteiger partial charge in [0, 0.05) is 49.3 Å². The molecule has 3 rings (SSSR count). The summed E-state index contributed by atoms with van der Waals surface area (Å²) < 4.78 is 27.4. The van der Waals surface area contributed by atoms with Crippen molar-refractivity contribution < 1.29 is 18.0 Å². The molecule has 2 aromatic carbocycles. The second-order valence-electron chi connectivity index (χ2n) is 6.99. The number of sulfonamides is 1. The minimum Gasteiger partial charge on any atom is -0.340 e. The smallest absolute Gasteiger partial charge is 0.255 e. The van der Waals surface area contributed by atoms with Gasteiger partial charge in [0.15, 0.2) is 0 Å². The number of para-hydroxylation sites is 1. The predicted molar refractivity (Wildman–Crippen MR) is 123 cm³/mol. The van der Waals surface area contributed by atoms with E-state index in [2.05, 4.69) is 11.9 Å². The third-order valence-corrected chi connectivity index (χ3v) is 7.87. The topological polar surface area (TPSA) is 86.8 Å². The van der Waals surface area contributed by atoms with Gasteiger partial charge in [0.25, 0.3) is 5.91 Å². The quantitative estimate of drug-likeness (QED) is 0.508. The Hall–Kier alpha value is -2.62. The van der Waals surface area contributed by atoms with E-state index < -0.39 is 10.0 Å². The molecule has 0 atom stereocenters. The van der Waals surface area contributed by atoms with Crippen LogP contribution in [0.1, 0.15) is 17.3 Å². The summed E-state index contributed by atoms with van der Waals surface area (Å²) in [6.45, 7) is 6.35. The first kappa shape index (κ1) is 23.1. The number of hydrogen-bond acceptors (Lipinski definition) is 5. The molecule has 0 aliphatic carbocycles. The standard InChI is InChI=1S/C22H25N3O4S2/c1-3-15-30-21-10-5-4-9-20(21)23-22(27)18-7-6-8-19(16-18)31(28,29)25-13-11-24(12-14-25)17(2)26/h3-10,16H,1,11-15H2,2H3,(H,23,27). The Bertz CT molecular complexity index is 1080. The molecular formula is C22H25N3O4S2. The van der Waals surface area contributed by atoms with E-state index in [1.807, 2.05) is 18.2 Å². The van der Waals surface area contributed by atoms with E-state index in [1.54, 1.807) is 40.9 Å². The monoisotopic (exact) mass is 459 g/mol. The van der Waals surface area contributed by atoms with Gasteiger partial charge in [0.05, 0.1) is 10.6 Å². The minimum atomic E-state index is -3.76. The third kappa shape index (κ3) is 5.55. The summed E-state index contributed by atoms with van der Waals surface area (Å²) in [5.74, 6) is 0.254. The summed E-state index contributed by atoms with van der Waals surface area (Å²) in [5.41, 5.74) is 0.917. The number of nitrogens with one attached hydrogen (secondary N) is 1. The van der Waals surface area contributed by atoms with Crippen LogP contribution in [0, 0.1) is 0 Å². The fraction of sp³-hybridized carbons (Fsp3) is 0.273. The fourth-order valence-corrected chi connectivity index (χ4v) is 5.44. The van der Waals surface area contributed by atoms with E-state index in [9.17, 15) is 18.0 Å². The zero-order valence-electron chi connectivity index (χ0n) is 17.3. The number of carbonyl (C=O) groups is 2. The summed E-state index contributed by atoms with van der Waals surface area (Å²) in [4.78, 5) is 26.9. The van der Waals surface area contributed by atoms with E-state index in [-0.39, 0.29) is 35.4 Å². The number of rotatable bonds is 7. The number of amides is 2. The highest BCUT2D eigenvalue weighted by Crippen LogP contribution is 2.27. The number of thioether (sulfide) groups is 1. The lowest BCUT2D eigenvalue weighted by Gasteiger charge is -2.33. The molecule has 7 nitrogen and oxygen atoms in total. The first-order valence-corrected chi connectivity index (χ1v) is 12.3. The molecule has 164 valence electrons. The van der Waals surface area contributed by atoms with E-state index in [0.29, 0.717) is 24.5 Å². The second kappa shape index (κ2) is 10.1. The molecule has 1 fully saturated rings. The Kier molecular flexibility index (Phi) is 7.53. The molecule has 0 radical (unpaired) electrons. The van der Waals surface area contributed by atoms with Crippen LogP contribution in [0.4, 0.5) is 5.69 Å². The van der Waals surface area contributed by atoms with E-state index in [4.69, 9.17) is 0 Å². The van der Waals surface area contributed by atoms with Gasteiger partial charge in [-0.1, -0.05) is 24.3 Å². The summed E-state index contributed by atoms with van der Waals surface area (Å²) in [7, 11) is -3.76. The van der Waals surface area contributed by atoms with Gasteiger partial charge in [-0.05, 0) is 30.3 Å². The van der Waals surface area contributed by atoms with E-state index in [1.165, 1.54) is 23.4 Å². The number of carbonyl (C=O) groups excluding carboxylic acids is 2. The summed E-state index contributed by atoms with van der Waals surface area (Å²) in [5, 5.41) is 2.87. The maximum absolute atomic E-state index is 13.0. The number of nitrogens with zero attached hydrogens (tertiary/aromatic N) is 2. The molecule has 2 amide bonds. The van der Waals surface area contributed by atoms with Gasteiger partial charge in [0.1, 0.15) is 0 Å². The number of anilines is 1. The van der Waals surface area contributed by atoms with Crippen LogP contribution in [-0.2, 0) is 14.8 Å². The second-order valence-corrected chi connectivity index (χ2v) is 9.99. The zero-order chi connectivity index (χ0) is 22.4. The van der Waals surface area contributed by atoms with E-state index >= 15 is 0 Å². The Labute approximate surface area is 187 Å². The summed E-state index contributed by atoms with van der Waals surface area (Å²) in [6, 6.07) is 13.4. The molecule has 0 unspecified atom stereocenters. The molecule has 9 heteroatoms. The zero-order valence-corrected chi connectivity index (χ0v) is 18.9. The average molecular weight is 460 g/mol. The van der Waals surface area contributed by atoms with Gasteiger partial charge in [-0.3, -0.25) is 9.59 Å². The van der Waals surface area contributed by atoms with Gasteiger partial charge in [-0.15, -0.1) is 18.3 Å². The highest BCUT2D eigenvalue weighted by atomic mass is 32.2.